The molecule has 1 aromatic heterocycles. The monoisotopic (exact) mass is 308 g/mol. The Morgan fingerprint density at radius 3 is 2.48 bits per heavy atom. The van der Waals surface area contributed by atoms with E-state index in [-0.39, 0.29) is 23.3 Å². The van der Waals surface area contributed by atoms with Crippen molar-refractivity contribution in [3.8, 4) is 0 Å². The molecule has 0 radical (unpaired) electrons. The predicted octanol–water partition coefficient (Wildman–Crippen LogP) is 1.74. The lowest BCUT2D eigenvalue weighted by Gasteiger charge is -2.19. The fourth-order valence-electron chi connectivity index (χ4n) is 2.05. The van der Waals surface area contributed by atoms with Crippen molar-refractivity contribution in [2.75, 3.05) is 12.0 Å². The molecule has 21 heavy (non-hydrogen) atoms. The predicted molar refractivity (Wildman–Crippen MR) is 84.4 cm³/mol. The van der Waals surface area contributed by atoms with Crippen molar-refractivity contribution in [3.63, 3.8) is 0 Å². The molecule has 0 bridgehead atoms. The van der Waals surface area contributed by atoms with Gasteiger partial charge in [-0.15, -0.1) is 0 Å². The molecule has 0 aliphatic rings. The first-order valence-electron chi connectivity index (χ1n) is 6.75. The van der Waals surface area contributed by atoms with Crippen LogP contribution in [0.1, 0.15) is 26.3 Å². The number of sulfone groups is 1. The van der Waals surface area contributed by atoms with Gasteiger partial charge in [-0.3, -0.25) is 9.36 Å². The average Bonchev–Trinajstić information content (AvgIpc) is 2.35. The van der Waals surface area contributed by atoms with Gasteiger partial charge in [0.15, 0.2) is 0 Å². The number of hydrogen-bond donors (Lipinski definition) is 0. The summed E-state index contributed by atoms with van der Waals surface area (Å²) in [4.78, 5) is 16.6. The molecule has 6 heteroatoms. The maximum absolute atomic E-state index is 12.3. The summed E-state index contributed by atoms with van der Waals surface area (Å²) in [6, 6.07) is 5.60. The lowest BCUT2D eigenvalue weighted by Crippen LogP contribution is -2.24. The lowest BCUT2D eigenvalue weighted by atomic mass is 9.86. The molecule has 114 valence electrons. The third-order valence-electron chi connectivity index (χ3n) is 3.39. The largest absolute Gasteiger partial charge is 0.298 e. The average molecular weight is 308 g/mol. The van der Waals surface area contributed by atoms with E-state index in [1.807, 2.05) is 12.1 Å². The van der Waals surface area contributed by atoms with Crippen molar-refractivity contribution in [1.82, 2.24) is 9.55 Å². The van der Waals surface area contributed by atoms with E-state index in [9.17, 15) is 13.2 Å². The highest BCUT2D eigenvalue weighted by atomic mass is 32.2. The first-order valence-corrected chi connectivity index (χ1v) is 8.81. The molecule has 0 unspecified atom stereocenters. The third-order valence-corrected chi connectivity index (χ3v) is 4.32. The summed E-state index contributed by atoms with van der Waals surface area (Å²) in [7, 11) is -3.11. The van der Waals surface area contributed by atoms with E-state index in [1.165, 1.54) is 10.9 Å². The van der Waals surface area contributed by atoms with Crippen LogP contribution in [0.5, 0.6) is 0 Å². The number of fused-ring (bicyclic) bond motifs is 1. The number of hydrogen-bond acceptors (Lipinski definition) is 4. The minimum absolute atomic E-state index is 0.0129. The summed E-state index contributed by atoms with van der Waals surface area (Å²) in [5, 5.41) is 0.513. The van der Waals surface area contributed by atoms with Crippen LogP contribution in [0.25, 0.3) is 10.9 Å². The minimum atomic E-state index is -3.11. The molecule has 1 aromatic carbocycles. The number of rotatable bonds is 3. The molecule has 2 aromatic rings. The summed E-state index contributed by atoms with van der Waals surface area (Å²) in [6.07, 6.45) is 2.57. The van der Waals surface area contributed by atoms with Crippen molar-refractivity contribution in [3.05, 3.63) is 40.4 Å². The molecule has 5 nitrogen and oxygen atoms in total. The molecule has 0 saturated heterocycles. The second-order valence-corrected chi connectivity index (χ2v) is 8.61. The Hall–Kier alpha value is -1.69. The zero-order valence-electron chi connectivity index (χ0n) is 12.8. The van der Waals surface area contributed by atoms with Crippen LogP contribution in [0.2, 0.25) is 0 Å². The highest BCUT2D eigenvalue weighted by Gasteiger charge is 2.15. The molecule has 0 spiro atoms. The van der Waals surface area contributed by atoms with E-state index in [4.69, 9.17) is 0 Å². The summed E-state index contributed by atoms with van der Waals surface area (Å²) in [5.41, 5.74) is 1.53. The summed E-state index contributed by atoms with van der Waals surface area (Å²) in [5.74, 6) is -0.0693. The molecular formula is C15H20N2O3S. The molecule has 0 aliphatic heterocycles. The number of aromatic nitrogens is 2. The number of nitrogens with zero attached hydrogens (tertiary/aromatic N) is 2. The number of aryl methyl sites for hydroxylation is 1. The van der Waals surface area contributed by atoms with Crippen LogP contribution in [0, 0.1) is 0 Å². The second kappa shape index (κ2) is 5.26. The van der Waals surface area contributed by atoms with Gasteiger partial charge in [0.1, 0.15) is 9.84 Å². The van der Waals surface area contributed by atoms with Gasteiger partial charge in [-0.2, -0.15) is 0 Å². The Labute approximate surface area is 124 Å². The molecular weight excluding hydrogens is 288 g/mol. The lowest BCUT2D eigenvalue weighted by molar-refractivity contribution is 0.589. The zero-order chi connectivity index (χ0) is 15.8. The van der Waals surface area contributed by atoms with Crippen LogP contribution in [0.4, 0.5) is 0 Å². The van der Waals surface area contributed by atoms with Gasteiger partial charge in [0.2, 0.25) is 0 Å². The Morgan fingerprint density at radius 1 is 1.24 bits per heavy atom. The SMILES string of the molecule is CC(C)(C)c1ccc2c(=O)n(CCS(C)(=O)=O)cnc2c1. The van der Waals surface area contributed by atoms with Gasteiger partial charge < -0.3 is 0 Å². The van der Waals surface area contributed by atoms with E-state index in [1.54, 1.807) is 6.07 Å². The Balaban J connectivity index is 2.47. The van der Waals surface area contributed by atoms with Crippen LogP contribution in [0.15, 0.2) is 29.3 Å². The Bertz CT molecular complexity index is 830. The minimum Gasteiger partial charge on any atom is -0.298 e. The van der Waals surface area contributed by atoms with Crippen LogP contribution in [-0.2, 0) is 21.8 Å². The summed E-state index contributed by atoms with van der Waals surface area (Å²) < 4.78 is 23.7. The number of benzene rings is 1. The first kappa shape index (κ1) is 15.7. The third kappa shape index (κ3) is 3.69. The fraction of sp³-hybridized carbons (Fsp3) is 0.467. The van der Waals surface area contributed by atoms with E-state index < -0.39 is 9.84 Å². The van der Waals surface area contributed by atoms with Crippen molar-refractivity contribution < 1.29 is 8.42 Å². The van der Waals surface area contributed by atoms with Crippen molar-refractivity contribution in [2.24, 2.45) is 0 Å². The van der Waals surface area contributed by atoms with E-state index in [2.05, 4.69) is 25.8 Å². The van der Waals surface area contributed by atoms with E-state index in [0.717, 1.165) is 11.8 Å². The topological polar surface area (TPSA) is 69.0 Å². The summed E-state index contributed by atoms with van der Waals surface area (Å²) >= 11 is 0. The van der Waals surface area contributed by atoms with Gasteiger partial charge in [0, 0.05) is 12.8 Å². The molecule has 0 amide bonds. The first-order chi connectivity index (χ1) is 9.58. The van der Waals surface area contributed by atoms with Crippen molar-refractivity contribution in [2.45, 2.75) is 32.7 Å². The Kier molecular flexibility index (Phi) is 3.93. The molecule has 0 fully saturated rings. The smallest absolute Gasteiger partial charge is 0.261 e. The van der Waals surface area contributed by atoms with Crippen molar-refractivity contribution in [1.29, 1.82) is 0 Å². The van der Waals surface area contributed by atoms with Gasteiger partial charge in [0.25, 0.3) is 5.56 Å². The van der Waals surface area contributed by atoms with Gasteiger partial charge >= 0.3 is 0 Å². The van der Waals surface area contributed by atoms with Gasteiger partial charge in [0.05, 0.1) is 23.0 Å². The van der Waals surface area contributed by atoms with Crippen LogP contribution < -0.4 is 5.56 Å². The van der Waals surface area contributed by atoms with E-state index in [0.29, 0.717) is 10.9 Å². The highest BCUT2D eigenvalue weighted by Crippen LogP contribution is 2.24. The summed E-state index contributed by atoms with van der Waals surface area (Å²) in [6.45, 7) is 6.42. The molecule has 2 rings (SSSR count). The van der Waals surface area contributed by atoms with Crippen LogP contribution in [-0.4, -0.2) is 30.0 Å². The van der Waals surface area contributed by atoms with E-state index >= 15 is 0 Å². The van der Waals surface area contributed by atoms with Crippen molar-refractivity contribution >= 4 is 20.7 Å². The maximum atomic E-state index is 12.3. The van der Waals surface area contributed by atoms with Crippen LogP contribution >= 0.6 is 0 Å². The van der Waals surface area contributed by atoms with Gasteiger partial charge in [-0.05, 0) is 23.1 Å². The molecule has 0 atom stereocenters. The highest BCUT2D eigenvalue weighted by molar-refractivity contribution is 7.90. The fourth-order valence-corrected chi connectivity index (χ4v) is 2.58. The quantitative estimate of drug-likeness (QED) is 0.866. The molecule has 0 aliphatic carbocycles. The van der Waals surface area contributed by atoms with Gasteiger partial charge in [-0.25, -0.2) is 13.4 Å². The molecule has 0 N–H and O–H groups in total. The van der Waals surface area contributed by atoms with Crippen LogP contribution in [0.3, 0.4) is 0 Å². The second-order valence-electron chi connectivity index (χ2n) is 6.35. The van der Waals surface area contributed by atoms with Gasteiger partial charge in [-0.1, -0.05) is 26.8 Å². The Morgan fingerprint density at radius 2 is 1.90 bits per heavy atom. The molecule has 1 heterocycles. The zero-order valence-corrected chi connectivity index (χ0v) is 13.6. The standard InChI is InChI=1S/C15H20N2O3S/c1-15(2,3)11-5-6-12-13(9-11)16-10-17(14(12)18)7-8-21(4,19)20/h5-6,9-10H,7-8H2,1-4H3. The molecule has 0 saturated carbocycles. The normalized spacial score (nSPS) is 12.8. The maximum Gasteiger partial charge on any atom is 0.261 e.